The molecule has 148 valence electrons. The number of carbonyl (C=O) groups is 1. The first kappa shape index (κ1) is 19.3. The molecule has 0 aliphatic carbocycles. The predicted octanol–water partition coefficient (Wildman–Crippen LogP) is 4.27. The van der Waals surface area contributed by atoms with E-state index in [9.17, 15) is 4.79 Å². The second-order valence-electron chi connectivity index (χ2n) is 7.33. The zero-order chi connectivity index (χ0) is 19.3. The maximum Gasteiger partial charge on any atom is 0.410 e. The highest BCUT2D eigenvalue weighted by molar-refractivity contribution is 9.10. The molecule has 1 amide bonds. The van der Waals surface area contributed by atoms with E-state index in [4.69, 9.17) is 9.47 Å². The Labute approximate surface area is 174 Å². The minimum atomic E-state index is -0.222. The first-order chi connectivity index (χ1) is 13.7. The number of benzene rings is 2. The number of nitrogens with zero attached hydrogens (tertiary/aromatic N) is 1. The second kappa shape index (κ2) is 8.97. The molecular formula is C22H25BrN2O3. The summed E-state index contributed by atoms with van der Waals surface area (Å²) in [4.78, 5) is 14.1. The number of nitrogens with one attached hydrogen (secondary N) is 1. The van der Waals surface area contributed by atoms with Crippen LogP contribution in [0.3, 0.4) is 0 Å². The summed E-state index contributed by atoms with van der Waals surface area (Å²) in [5.74, 6) is 1.04. The number of hydrogen-bond donors (Lipinski definition) is 1. The molecule has 6 heteroatoms. The van der Waals surface area contributed by atoms with E-state index < -0.39 is 0 Å². The van der Waals surface area contributed by atoms with Crippen LogP contribution in [0.5, 0.6) is 5.75 Å². The van der Waals surface area contributed by atoms with Gasteiger partial charge in [-0.05, 0) is 36.1 Å². The fraction of sp³-hybridized carbons (Fsp3) is 0.409. The fourth-order valence-corrected chi connectivity index (χ4v) is 4.36. The Morgan fingerprint density at radius 1 is 1.21 bits per heavy atom. The lowest BCUT2D eigenvalue weighted by Gasteiger charge is -2.32. The van der Waals surface area contributed by atoms with Crippen molar-refractivity contribution in [1.29, 1.82) is 0 Å². The van der Waals surface area contributed by atoms with E-state index in [1.165, 1.54) is 11.1 Å². The Balaban J connectivity index is 1.23. The quantitative estimate of drug-likeness (QED) is 0.747. The van der Waals surface area contributed by atoms with Crippen LogP contribution < -0.4 is 10.1 Å². The SMILES string of the molecule is O=C(OCc1ccccc1)N1CCC(NCc2cc(Br)cc3c2OCC3)CC1. The first-order valence-corrected chi connectivity index (χ1v) is 10.6. The standard InChI is InChI=1S/C22H25BrN2O3/c23-19-12-17-8-11-27-21(17)18(13-19)14-24-20-6-9-25(10-7-20)22(26)28-15-16-4-2-1-3-5-16/h1-5,12-13,20,24H,6-11,14-15H2. The molecule has 2 aliphatic rings. The van der Waals surface area contributed by atoms with Gasteiger partial charge in [0, 0.05) is 42.1 Å². The topological polar surface area (TPSA) is 50.8 Å². The molecule has 1 N–H and O–H groups in total. The molecule has 0 unspecified atom stereocenters. The summed E-state index contributed by atoms with van der Waals surface area (Å²) in [5.41, 5.74) is 3.49. The van der Waals surface area contributed by atoms with E-state index in [1.807, 2.05) is 30.3 Å². The summed E-state index contributed by atoms with van der Waals surface area (Å²) in [6.45, 7) is 3.32. The van der Waals surface area contributed by atoms with Gasteiger partial charge in [-0.1, -0.05) is 46.3 Å². The second-order valence-corrected chi connectivity index (χ2v) is 8.25. The summed E-state index contributed by atoms with van der Waals surface area (Å²) in [6, 6.07) is 14.5. The third-order valence-corrected chi connectivity index (χ3v) is 5.82. The van der Waals surface area contributed by atoms with Crippen LogP contribution >= 0.6 is 15.9 Å². The molecule has 0 aromatic heterocycles. The number of rotatable bonds is 5. The van der Waals surface area contributed by atoms with Gasteiger partial charge in [0.15, 0.2) is 0 Å². The van der Waals surface area contributed by atoms with Gasteiger partial charge >= 0.3 is 6.09 Å². The lowest BCUT2D eigenvalue weighted by atomic mass is 10.0. The first-order valence-electron chi connectivity index (χ1n) is 9.82. The summed E-state index contributed by atoms with van der Waals surface area (Å²) in [7, 11) is 0. The molecule has 0 atom stereocenters. The number of amides is 1. The average Bonchev–Trinajstić information content (AvgIpc) is 3.20. The molecule has 5 nitrogen and oxygen atoms in total. The molecule has 2 aromatic rings. The van der Waals surface area contributed by atoms with Crippen molar-refractivity contribution < 1.29 is 14.3 Å². The molecule has 2 aliphatic heterocycles. The lowest BCUT2D eigenvalue weighted by molar-refractivity contribution is 0.0852. The van der Waals surface area contributed by atoms with Crippen molar-refractivity contribution in [3.8, 4) is 5.75 Å². The van der Waals surface area contributed by atoms with E-state index in [0.717, 1.165) is 61.3 Å². The number of halogens is 1. The van der Waals surface area contributed by atoms with Crippen LogP contribution in [0, 0.1) is 0 Å². The van der Waals surface area contributed by atoms with Crippen LogP contribution in [0.15, 0.2) is 46.9 Å². The van der Waals surface area contributed by atoms with Gasteiger partial charge in [-0.15, -0.1) is 0 Å². The van der Waals surface area contributed by atoms with E-state index in [2.05, 4.69) is 33.4 Å². The Kier molecular flexibility index (Phi) is 6.17. The molecule has 2 heterocycles. The van der Waals surface area contributed by atoms with E-state index in [1.54, 1.807) is 4.90 Å². The Morgan fingerprint density at radius 2 is 2.00 bits per heavy atom. The van der Waals surface area contributed by atoms with E-state index in [0.29, 0.717) is 12.6 Å². The van der Waals surface area contributed by atoms with E-state index in [-0.39, 0.29) is 6.09 Å². The van der Waals surface area contributed by atoms with Crippen molar-refractivity contribution in [3.05, 3.63) is 63.6 Å². The molecule has 1 fully saturated rings. The normalized spacial score (nSPS) is 16.5. The third-order valence-electron chi connectivity index (χ3n) is 5.36. The summed E-state index contributed by atoms with van der Waals surface area (Å²) in [5, 5.41) is 3.63. The van der Waals surface area contributed by atoms with Crippen molar-refractivity contribution in [1.82, 2.24) is 10.2 Å². The lowest BCUT2D eigenvalue weighted by Crippen LogP contribution is -2.44. The van der Waals surface area contributed by atoms with Gasteiger partial charge in [0.1, 0.15) is 12.4 Å². The number of likely N-dealkylation sites (tertiary alicyclic amines) is 1. The Morgan fingerprint density at radius 3 is 2.79 bits per heavy atom. The zero-order valence-electron chi connectivity index (χ0n) is 15.8. The van der Waals surface area contributed by atoms with Gasteiger partial charge in [0.2, 0.25) is 0 Å². The number of fused-ring (bicyclic) bond motifs is 1. The molecule has 4 rings (SSSR count). The van der Waals surface area contributed by atoms with Crippen molar-refractivity contribution in [2.45, 2.75) is 38.5 Å². The average molecular weight is 445 g/mol. The highest BCUT2D eigenvalue weighted by Crippen LogP contribution is 2.33. The molecule has 0 bridgehead atoms. The molecule has 2 aromatic carbocycles. The smallest absolute Gasteiger partial charge is 0.410 e. The van der Waals surface area contributed by atoms with Crippen LogP contribution in [0.25, 0.3) is 0 Å². The number of carbonyl (C=O) groups excluding carboxylic acids is 1. The van der Waals surface area contributed by atoms with Gasteiger partial charge < -0.3 is 19.7 Å². The minimum absolute atomic E-state index is 0.222. The maximum atomic E-state index is 12.3. The molecule has 0 spiro atoms. The maximum absolute atomic E-state index is 12.3. The van der Waals surface area contributed by atoms with Crippen LogP contribution in [0.1, 0.15) is 29.5 Å². The predicted molar refractivity (Wildman–Crippen MR) is 111 cm³/mol. The summed E-state index contributed by atoms with van der Waals surface area (Å²) < 4.78 is 12.3. The van der Waals surface area contributed by atoms with Gasteiger partial charge in [-0.25, -0.2) is 4.79 Å². The Hall–Kier alpha value is -2.05. The van der Waals surface area contributed by atoms with Crippen LogP contribution in [-0.4, -0.2) is 36.7 Å². The molecule has 28 heavy (non-hydrogen) atoms. The highest BCUT2D eigenvalue weighted by Gasteiger charge is 2.24. The largest absolute Gasteiger partial charge is 0.493 e. The number of hydrogen-bond acceptors (Lipinski definition) is 4. The van der Waals surface area contributed by atoms with Gasteiger partial charge in [0.25, 0.3) is 0 Å². The van der Waals surface area contributed by atoms with Crippen molar-refractivity contribution in [3.63, 3.8) is 0 Å². The fourth-order valence-electron chi connectivity index (χ4n) is 3.81. The molecular weight excluding hydrogens is 420 g/mol. The zero-order valence-corrected chi connectivity index (χ0v) is 17.4. The monoisotopic (exact) mass is 444 g/mol. The molecule has 1 saturated heterocycles. The molecule has 0 radical (unpaired) electrons. The van der Waals surface area contributed by atoms with Crippen molar-refractivity contribution in [2.75, 3.05) is 19.7 Å². The van der Waals surface area contributed by atoms with E-state index >= 15 is 0 Å². The van der Waals surface area contributed by atoms with Gasteiger partial charge in [0.05, 0.1) is 6.61 Å². The van der Waals surface area contributed by atoms with Crippen LogP contribution in [0.4, 0.5) is 4.79 Å². The van der Waals surface area contributed by atoms with Gasteiger partial charge in [-0.3, -0.25) is 0 Å². The Bertz CT molecular complexity index is 820. The summed E-state index contributed by atoms with van der Waals surface area (Å²) in [6.07, 6.45) is 2.61. The van der Waals surface area contributed by atoms with Crippen molar-refractivity contribution in [2.24, 2.45) is 0 Å². The summed E-state index contributed by atoms with van der Waals surface area (Å²) >= 11 is 3.60. The number of piperidine rings is 1. The van der Waals surface area contributed by atoms with Gasteiger partial charge in [-0.2, -0.15) is 0 Å². The highest BCUT2D eigenvalue weighted by atomic mass is 79.9. The number of ether oxygens (including phenoxy) is 2. The minimum Gasteiger partial charge on any atom is -0.493 e. The third kappa shape index (κ3) is 4.67. The van der Waals surface area contributed by atoms with Crippen molar-refractivity contribution >= 4 is 22.0 Å². The van der Waals surface area contributed by atoms with Crippen LogP contribution in [-0.2, 0) is 24.3 Å². The molecule has 0 saturated carbocycles. The van der Waals surface area contributed by atoms with Crippen LogP contribution in [0.2, 0.25) is 0 Å².